The molecule has 0 amide bonds. The van der Waals surface area contributed by atoms with E-state index in [9.17, 15) is 5.11 Å². The highest BCUT2D eigenvalue weighted by atomic mass is 79.9. The standard InChI is InChI=1S/C16H27BrN2O2/c1-5-6-19(11-16(2,3)10-18)9-12-7-13(17)15(20)14(8-12)21-4/h7-8,20H,5-6,9-11,18H2,1-4H3. The molecule has 0 unspecified atom stereocenters. The minimum atomic E-state index is 0.0907. The Labute approximate surface area is 136 Å². The third-order valence-corrected chi connectivity index (χ3v) is 4.06. The molecule has 3 N–H and O–H groups in total. The summed E-state index contributed by atoms with van der Waals surface area (Å²) in [6.07, 6.45) is 1.09. The average molecular weight is 359 g/mol. The van der Waals surface area contributed by atoms with Gasteiger partial charge in [0.1, 0.15) is 0 Å². The Morgan fingerprint density at radius 2 is 2.05 bits per heavy atom. The number of phenols is 1. The molecule has 4 nitrogen and oxygen atoms in total. The summed E-state index contributed by atoms with van der Waals surface area (Å²) < 4.78 is 5.87. The number of phenolic OH excluding ortho intramolecular Hbond substituents is 1. The van der Waals surface area contributed by atoms with E-state index in [1.807, 2.05) is 12.1 Å². The van der Waals surface area contributed by atoms with Gasteiger partial charge in [0.2, 0.25) is 0 Å². The van der Waals surface area contributed by atoms with Crippen molar-refractivity contribution in [3.8, 4) is 11.5 Å². The number of ether oxygens (including phenoxy) is 1. The van der Waals surface area contributed by atoms with Crippen LogP contribution in [0.3, 0.4) is 0 Å². The van der Waals surface area contributed by atoms with Crippen LogP contribution >= 0.6 is 15.9 Å². The van der Waals surface area contributed by atoms with E-state index >= 15 is 0 Å². The van der Waals surface area contributed by atoms with E-state index in [4.69, 9.17) is 10.5 Å². The lowest BCUT2D eigenvalue weighted by molar-refractivity contribution is 0.175. The summed E-state index contributed by atoms with van der Waals surface area (Å²) in [5.74, 6) is 0.638. The summed E-state index contributed by atoms with van der Waals surface area (Å²) in [4.78, 5) is 2.39. The normalized spacial score (nSPS) is 12.0. The fourth-order valence-electron chi connectivity index (χ4n) is 2.33. The zero-order valence-corrected chi connectivity index (χ0v) is 15.0. The first kappa shape index (κ1) is 18.3. The van der Waals surface area contributed by atoms with Crippen LogP contribution in [0.4, 0.5) is 0 Å². The molecule has 0 atom stereocenters. The Morgan fingerprint density at radius 3 is 2.57 bits per heavy atom. The monoisotopic (exact) mass is 358 g/mol. The molecular formula is C16H27BrN2O2. The summed E-state index contributed by atoms with van der Waals surface area (Å²) in [7, 11) is 1.56. The van der Waals surface area contributed by atoms with Gasteiger partial charge in [-0.25, -0.2) is 0 Å². The van der Waals surface area contributed by atoms with Crippen LogP contribution in [-0.4, -0.2) is 36.8 Å². The Bertz CT molecular complexity index is 464. The first-order chi connectivity index (χ1) is 9.82. The largest absolute Gasteiger partial charge is 0.503 e. The van der Waals surface area contributed by atoms with Crippen molar-refractivity contribution in [1.82, 2.24) is 4.90 Å². The minimum Gasteiger partial charge on any atom is -0.503 e. The van der Waals surface area contributed by atoms with Crippen LogP contribution in [0, 0.1) is 5.41 Å². The summed E-state index contributed by atoms with van der Waals surface area (Å²) >= 11 is 3.37. The molecule has 1 aromatic carbocycles. The molecule has 0 radical (unpaired) electrons. The second-order valence-electron chi connectivity index (χ2n) is 6.21. The van der Waals surface area contributed by atoms with E-state index in [-0.39, 0.29) is 11.2 Å². The van der Waals surface area contributed by atoms with Gasteiger partial charge in [0, 0.05) is 13.1 Å². The van der Waals surface area contributed by atoms with Crippen molar-refractivity contribution in [2.45, 2.75) is 33.7 Å². The number of benzene rings is 1. The van der Waals surface area contributed by atoms with Crippen LogP contribution in [0.2, 0.25) is 0 Å². The molecule has 1 aromatic rings. The predicted molar refractivity (Wildman–Crippen MR) is 90.8 cm³/mol. The topological polar surface area (TPSA) is 58.7 Å². The Morgan fingerprint density at radius 1 is 1.38 bits per heavy atom. The molecule has 0 aliphatic rings. The number of hydrogen-bond donors (Lipinski definition) is 2. The molecule has 0 bridgehead atoms. The maximum absolute atomic E-state index is 9.88. The molecule has 0 saturated heterocycles. The molecule has 0 saturated carbocycles. The molecule has 0 fully saturated rings. The summed E-state index contributed by atoms with van der Waals surface area (Å²) in [5.41, 5.74) is 7.05. The van der Waals surface area contributed by atoms with Crippen molar-refractivity contribution >= 4 is 15.9 Å². The van der Waals surface area contributed by atoms with Crippen LogP contribution in [0.15, 0.2) is 16.6 Å². The zero-order chi connectivity index (χ0) is 16.0. The van der Waals surface area contributed by atoms with E-state index in [1.54, 1.807) is 7.11 Å². The van der Waals surface area contributed by atoms with E-state index in [1.165, 1.54) is 0 Å². The Balaban J connectivity index is 2.91. The second-order valence-corrected chi connectivity index (χ2v) is 7.06. The van der Waals surface area contributed by atoms with Crippen LogP contribution in [-0.2, 0) is 6.54 Å². The van der Waals surface area contributed by atoms with Gasteiger partial charge in [-0.2, -0.15) is 0 Å². The van der Waals surface area contributed by atoms with Gasteiger partial charge in [0.05, 0.1) is 11.6 Å². The van der Waals surface area contributed by atoms with Gasteiger partial charge < -0.3 is 15.6 Å². The molecule has 0 aromatic heterocycles. The Kier molecular flexibility index (Phi) is 6.97. The third-order valence-electron chi connectivity index (χ3n) is 3.46. The number of rotatable bonds is 8. The Hall–Kier alpha value is -0.780. The predicted octanol–water partition coefficient (Wildman–Crippen LogP) is 3.36. The summed E-state index contributed by atoms with van der Waals surface area (Å²) in [6.45, 7) is 9.98. The molecular weight excluding hydrogens is 332 g/mol. The van der Waals surface area contributed by atoms with Crippen LogP contribution < -0.4 is 10.5 Å². The molecule has 1 rings (SSSR count). The molecule has 5 heteroatoms. The lowest BCUT2D eigenvalue weighted by atomic mass is 9.93. The van der Waals surface area contributed by atoms with E-state index in [0.29, 0.717) is 16.8 Å². The van der Waals surface area contributed by atoms with Crippen molar-refractivity contribution in [3.63, 3.8) is 0 Å². The second kappa shape index (κ2) is 8.01. The fraction of sp³-hybridized carbons (Fsp3) is 0.625. The van der Waals surface area contributed by atoms with Gasteiger partial charge in [-0.1, -0.05) is 20.8 Å². The van der Waals surface area contributed by atoms with E-state index < -0.39 is 0 Å². The molecule has 0 aliphatic carbocycles. The van der Waals surface area contributed by atoms with Crippen LogP contribution in [0.1, 0.15) is 32.8 Å². The molecule has 0 spiro atoms. The van der Waals surface area contributed by atoms with Crippen molar-refractivity contribution in [3.05, 3.63) is 22.2 Å². The molecule has 21 heavy (non-hydrogen) atoms. The number of nitrogens with zero attached hydrogens (tertiary/aromatic N) is 1. The van der Waals surface area contributed by atoms with Gasteiger partial charge in [0.25, 0.3) is 0 Å². The van der Waals surface area contributed by atoms with Crippen molar-refractivity contribution in [1.29, 1.82) is 0 Å². The van der Waals surface area contributed by atoms with Crippen molar-refractivity contribution in [2.75, 3.05) is 26.7 Å². The van der Waals surface area contributed by atoms with Gasteiger partial charge in [0.15, 0.2) is 11.5 Å². The van der Waals surface area contributed by atoms with Gasteiger partial charge in [-0.15, -0.1) is 0 Å². The van der Waals surface area contributed by atoms with Crippen LogP contribution in [0.25, 0.3) is 0 Å². The van der Waals surface area contributed by atoms with Crippen LogP contribution in [0.5, 0.6) is 11.5 Å². The highest BCUT2D eigenvalue weighted by Crippen LogP contribution is 2.35. The van der Waals surface area contributed by atoms with Crippen molar-refractivity contribution < 1.29 is 9.84 Å². The third kappa shape index (κ3) is 5.49. The zero-order valence-electron chi connectivity index (χ0n) is 13.4. The first-order valence-electron chi connectivity index (χ1n) is 7.30. The number of nitrogens with two attached hydrogens (primary N) is 1. The number of aromatic hydroxyl groups is 1. The molecule has 0 aliphatic heterocycles. The van der Waals surface area contributed by atoms with Crippen molar-refractivity contribution in [2.24, 2.45) is 11.1 Å². The smallest absolute Gasteiger partial charge is 0.172 e. The molecule has 0 heterocycles. The highest BCUT2D eigenvalue weighted by Gasteiger charge is 2.20. The molecule has 120 valence electrons. The lowest BCUT2D eigenvalue weighted by Crippen LogP contribution is -2.38. The maximum atomic E-state index is 9.88. The quantitative estimate of drug-likeness (QED) is 0.747. The maximum Gasteiger partial charge on any atom is 0.172 e. The van der Waals surface area contributed by atoms with E-state index in [2.05, 4.69) is 41.6 Å². The number of halogens is 1. The number of methoxy groups -OCH3 is 1. The number of hydrogen-bond acceptors (Lipinski definition) is 4. The van der Waals surface area contributed by atoms with Gasteiger partial charge in [-0.3, -0.25) is 4.90 Å². The summed E-state index contributed by atoms with van der Waals surface area (Å²) in [5, 5.41) is 9.88. The lowest BCUT2D eigenvalue weighted by Gasteiger charge is -2.31. The van der Waals surface area contributed by atoms with Gasteiger partial charge >= 0.3 is 0 Å². The summed E-state index contributed by atoms with van der Waals surface area (Å²) in [6, 6.07) is 3.83. The fourth-order valence-corrected chi connectivity index (χ4v) is 2.82. The average Bonchev–Trinajstić information content (AvgIpc) is 2.42. The van der Waals surface area contributed by atoms with Gasteiger partial charge in [-0.05, 0) is 58.6 Å². The minimum absolute atomic E-state index is 0.0907. The van der Waals surface area contributed by atoms with E-state index in [0.717, 1.165) is 31.6 Å². The highest BCUT2D eigenvalue weighted by molar-refractivity contribution is 9.10. The SMILES string of the molecule is CCCN(Cc1cc(Br)c(O)c(OC)c1)CC(C)(C)CN. The first-order valence-corrected chi connectivity index (χ1v) is 8.10.